The van der Waals surface area contributed by atoms with Gasteiger partial charge in [0.15, 0.2) is 0 Å². The van der Waals surface area contributed by atoms with E-state index in [2.05, 4.69) is 15.8 Å². The molecule has 5 nitrogen and oxygen atoms in total. The molecule has 23 heavy (non-hydrogen) atoms. The second kappa shape index (κ2) is 7.56. The second-order valence-corrected chi connectivity index (χ2v) is 5.34. The molecule has 0 spiro atoms. The smallest absolute Gasteiger partial charge is 0.271 e. The summed E-state index contributed by atoms with van der Waals surface area (Å²) in [6, 6.07) is 13.7. The van der Waals surface area contributed by atoms with E-state index >= 15 is 0 Å². The van der Waals surface area contributed by atoms with Crippen molar-refractivity contribution >= 4 is 34.8 Å². The molecule has 0 saturated heterocycles. The molecule has 2 amide bonds. The first-order chi connectivity index (χ1) is 11.0. The van der Waals surface area contributed by atoms with Gasteiger partial charge >= 0.3 is 0 Å². The Kier molecular flexibility index (Phi) is 5.49. The van der Waals surface area contributed by atoms with Crippen LogP contribution in [0.15, 0.2) is 53.6 Å². The number of hydrogen-bond acceptors (Lipinski definition) is 3. The Bertz CT molecular complexity index is 737. The number of hydrazone groups is 1. The molecule has 0 aliphatic carbocycles. The molecule has 0 unspecified atom stereocenters. The van der Waals surface area contributed by atoms with Gasteiger partial charge < -0.3 is 5.32 Å². The van der Waals surface area contributed by atoms with E-state index in [-0.39, 0.29) is 11.8 Å². The summed E-state index contributed by atoms with van der Waals surface area (Å²) in [7, 11) is 0. The van der Waals surface area contributed by atoms with Crippen molar-refractivity contribution in [3.05, 3.63) is 64.7 Å². The van der Waals surface area contributed by atoms with E-state index in [0.717, 1.165) is 5.56 Å². The van der Waals surface area contributed by atoms with Crippen LogP contribution in [0, 0.1) is 0 Å². The zero-order valence-corrected chi connectivity index (χ0v) is 13.5. The van der Waals surface area contributed by atoms with Gasteiger partial charge in [-0.2, -0.15) is 5.10 Å². The number of amides is 2. The molecule has 118 valence electrons. The molecule has 0 atom stereocenters. The number of halogens is 1. The SMILES string of the molecule is CC(=O)Nc1ccc(C(=O)N/N=C(\C)c2ccc(Cl)cc2)cc1. The zero-order valence-electron chi connectivity index (χ0n) is 12.8. The molecule has 0 saturated carbocycles. The van der Waals surface area contributed by atoms with Crippen LogP contribution in [0.25, 0.3) is 0 Å². The Balaban J connectivity index is 2.02. The Morgan fingerprint density at radius 2 is 1.48 bits per heavy atom. The Morgan fingerprint density at radius 3 is 2.04 bits per heavy atom. The minimum absolute atomic E-state index is 0.162. The van der Waals surface area contributed by atoms with Gasteiger partial charge in [-0.3, -0.25) is 9.59 Å². The van der Waals surface area contributed by atoms with Crippen molar-refractivity contribution in [1.82, 2.24) is 5.43 Å². The lowest BCUT2D eigenvalue weighted by atomic mass is 10.1. The van der Waals surface area contributed by atoms with Gasteiger partial charge in [0.05, 0.1) is 5.71 Å². The van der Waals surface area contributed by atoms with Crippen molar-refractivity contribution in [3.63, 3.8) is 0 Å². The highest BCUT2D eigenvalue weighted by molar-refractivity contribution is 6.30. The first-order valence-electron chi connectivity index (χ1n) is 6.94. The number of rotatable bonds is 4. The molecule has 0 heterocycles. The van der Waals surface area contributed by atoms with Crippen LogP contribution in [0.3, 0.4) is 0 Å². The third kappa shape index (κ3) is 4.93. The van der Waals surface area contributed by atoms with E-state index in [1.807, 2.05) is 12.1 Å². The minimum Gasteiger partial charge on any atom is -0.326 e. The van der Waals surface area contributed by atoms with Crippen LogP contribution in [-0.2, 0) is 4.79 Å². The molecule has 0 aromatic heterocycles. The molecule has 2 rings (SSSR count). The number of anilines is 1. The predicted octanol–water partition coefficient (Wildman–Crippen LogP) is 3.45. The lowest BCUT2D eigenvalue weighted by Gasteiger charge is -2.05. The molecule has 0 bridgehead atoms. The number of carbonyl (C=O) groups excluding carboxylic acids is 2. The van der Waals surface area contributed by atoms with Crippen molar-refractivity contribution in [1.29, 1.82) is 0 Å². The molecule has 0 aliphatic heterocycles. The zero-order chi connectivity index (χ0) is 16.8. The summed E-state index contributed by atoms with van der Waals surface area (Å²) >= 11 is 5.83. The molecule has 2 aromatic rings. The predicted molar refractivity (Wildman–Crippen MR) is 91.9 cm³/mol. The van der Waals surface area contributed by atoms with Crippen LogP contribution in [0.5, 0.6) is 0 Å². The maximum atomic E-state index is 12.0. The number of benzene rings is 2. The average molecular weight is 330 g/mol. The van der Waals surface area contributed by atoms with E-state index in [4.69, 9.17) is 11.6 Å². The van der Waals surface area contributed by atoms with E-state index in [1.54, 1.807) is 43.3 Å². The van der Waals surface area contributed by atoms with Gasteiger partial charge in [0.1, 0.15) is 0 Å². The Hall–Kier alpha value is -2.66. The third-order valence-corrected chi connectivity index (χ3v) is 3.31. The maximum Gasteiger partial charge on any atom is 0.271 e. The lowest BCUT2D eigenvalue weighted by molar-refractivity contribution is -0.114. The average Bonchev–Trinajstić information content (AvgIpc) is 2.53. The van der Waals surface area contributed by atoms with Gasteiger partial charge in [0.2, 0.25) is 5.91 Å². The van der Waals surface area contributed by atoms with Gasteiger partial charge in [-0.15, -0.1) is 0 Å². The number of hydrogen-bond donors (Lipinski definition) is 2. The van der Waals surface area contributed by atoms with Gasteiger partial charge in [-0.25, -0.2) is 5.43 Å². The topological polar surface area (TPSA) is 70.6 Å². The quantitative estimate of drug-likeness (QED) is 0.666. The normalized spacial score (nSPS) is 11.0. The number of nitrogens with one attached hydrogen (secondary N) is 2. The summed E-state index contributed by atoms with van der Waals surface area (Å²) in [6.45, 7) is 3.22. The summed E-state index contributed by atoms with van der Waals surface area (Å²) in [5.74, 6) is -0.488. The summed E-state index contributed by atoms with van der Waals surface area (Å²) in [4.78, 5) is 23.0. The van der Waals surface area contributed by atoms with Gasteiger partial charge in [-0.05, 0) is 48.9 Å². The summed E-state index contributed by atoms with van der Waals surface area (Å²) in [6.07, 6.45) is 0. The molecule has 2 N–H and O–H groups in total. The molecule has 0 aliphatic rings. The van der Waals surface area contributed by atoms with Gasteiger partial charge in [-0.1, -0.05) is 23.7 Å². The van der Waals surface area contributed by atoms with Crippen molar-refractivity contribution in [3.8, 4) is 0 Å². The Labute approximate surface area is 139 Å². The molecular formula is C17H16ClN3O2. The fourth-order valence-electron chi connectivity index (χ4n) is 1.86. The number of nitrogens with zero attached hydrogens (tertiary/aromatic N) is 1. The van der Waals surface area contributed by atoms with Crippen LogP contribution in [0.4, 0.5) is 5.69 Å². The minimum atomic E-state index is -0.326. The first-order valence-corrected chi connectivity index (χ1v) is 7.32. The van der Waals surface area contributed by atoms with Crippen molar-refractivity contribution in [2.24, 2.45) is 5.10 Å². The first kappa shape index (κ1) is 16.7. The standard InChI is InChI=1S/C17H16ClN3O2/c1-11(13-3-7-15(18)8-4-13)20-21-17(23)14-5-9-16(10-6-14)19-12(2)22/h3-10H,1-2H3,(H,19,22)(H,21,23)/b20-11+. The fourth-order valence-corrected chi connectivity index (χ4v) is 1.99. The van der Waals surface area contributed by atoms with E-state index < -0.39 is 0 Å². The summed E-state index contributed by atoms with van der Waals surface area (Å²) in [5.41, 5.74) is 5.13. The molecule has 6 heteroatoms. The van der Waals surface area contributed by atoms with Crippen LogP contribution >= 0.6 is 11.6 Å². The van der Waals surface area contributed by atoms with Crippen LogP contribution in [0.2, 0.25) is 5.02 Å². The number of carbonyl (C=O) groups is 2. The molecule has 0 fully saturated rings. The van der Waals surface area contributed by atoms with E-state index in [1.165, 1.54) is 6.92 Å². The lowest BCUT2D eigenvalue weighted by Crippen LogP contribution is -2.19. The fraction of sp³-hybridized carbons (Fsp3) is 0.118. The van der Waals surface area contributed by atoms with Crippen molar-refractivity contribution < 1.29 is 9.59 Å². The highest BCUT2D eigenvalue weighted by Gasteiger charge is 2.05. The second-order valence-electron chi connectivity index (χ2n) is 4.90. The van der Waals surface area contributed by atoms with Crippen LogP contribution in [-0.4, -0.2) is 17.5 Å². The van der Waals surface area contributed by atoms with Crippen LogP contribution < -0.4 is 10.7 Å². The monoisotopic (exact) mass is 329 g/mol. The maximum absolute atomic E-state index is 12.0. The summed E-state index contributed by atoms with van der Waals surface area (Å²) in [5, 5.41) is 7.36. The van der Waals surface area contributed by atoms with Gasteiger partial charge in [0.25, 0.3) is 5.91 Å². The largest absolute Gasteiger partial charge is 0.326 e. The highest BCUT2D eigenvalue weighted by atomic mass is 35.5. The highest BCUT2D eigenvalue weighted by Crippen LogP contribution is 2.11. The van der Waals surface area contributed by atoms with Gasteiger partial charge in [0, 0.05) is 23.2 Å². The Morgan fingerprint density at radius 1 is 0.913 bits per heavy atom. The third-order valence-electron chi connectivity index (χ3n) is 3.05. The molecular weight excluding hydrogens is 314 g/mol. The summed E-state index contributed by atoms with van der Waals surface area (Å²) < 4.78 is 0. The van der Waals surface area contributed by atoms with Crippen molar-refractivity contribution in [2.75, 3.05) is 5.32 Å². The van der Waals surface area contributed by atoms with Crippen LogP contribution in [0.1, 0.15) is 29.8 Å². The van der Waals surface area contributed by atoms with E-state index in [9.17, 15) is 9.59 Å². The molecule has 0 radical (unpaired) electrons. The molecule has 2 aromatic carbocycles. The van der Waals surface area contributed by atoms with E-state index in [0.29, 0.717) is 22.0 Å². The van der Waals surface area contributed by atoms with Crippen molar-refractivity contribution in [2.45, 2.75) is 13.8 Å².